The summed E-state index contributed by atoms with van der Waals surface area (Å²) >= 11 is 0. The molecular weight excluding hydrogens is 322 g/mol. The van der Waals surface area contributed by atoms with Gasteiger partial charge in [0.2, 0.25) is 11.8 Å². The normalized spacial score (nSPS) is 16.2. The average molecular weight is 339 g/mol. The van der Waals surface area contributed by atoms with E-state index in [1.54, 1.807) is 18.2 Å². The van der Waals surface area contributed by atoms with Gasteiger partial charge in [-0.2, -0.15) is 0 Å². The highest BCUT2D eigenvalue weighted by atomic mass is 16.6. The van der Waals surface area contributed by atoms with Crippen LogP contribution in [-0.4, -0.2) is 27.7 Å². The van der Waals surface area contributed by atoms with Crippen molar-refractivity contribution >= 4 is 17.5 Å². The number of carbonyl (C=O) groups excluding carboxylic acids is 2. The predicted molar refractivity (Wildman–Crippen MR) is 90.5 cm³/mol. The van der Waals surface area contributed by atoms with Gasteiger partial charge in [0.1, 0.15) is 6.04 Å². The topological polar surface area (TPSA) is 107 Å². The summed E-state index contributed by atoms with van der Waals surface area (Å²) in [6.07, 6.45) is 0.206. The molecule has 0 fully saturated rings. The molecule has 0 spiro atoms. The van der Waals surface area contributed by atoms with Crippen molar-refractivity contribution in [1.82, 2.24) is 4.90 Å². The van der Waals surface area contributed by atoms with Crippen LogP contribution >= 0.6 is 0 Å². The number of hydrogen-bond donors (Lipinski definition) is 1. The molecule has 0 unspecified atom stereocenters. The Bertz CT molecular complexity index is 850. The lowest BCUT2D eigenvalue weighted by molar-refractivity contribution is -0.385. The van der Waals surface area contributed by atoms with Crippen LogP contribution in [0.5, 0.6) is 0 Å². The first-order valence-corrected chi connectivity index (χ1v) is 7.85. The summed E-state index contributed by atoms with van der Waals surface area (Å²) < 4.78 is 0. The molecule has 3 rings (SSSR count). The molecule has 1 aliphatic heterocycles. The number of carbonyl (C=O) groups is 2. The Hall–Kier alpha value is -3.22. The van der Waals surface area contributed by atoms with Gasteiger partial charge in [-0.15, -0.1) is 0 Å². The second-order valence-corrected chi connectivity index (χ2v) is 5.98. The van der Waals surface area contributed by atoms with E-state index in [1.807, 2.05) is 24.3 Å². The van der Waals surface area contributed by atoms with Crippen molar-refractivity contribution in [3.63, 3.8) is 0 Å². The van der Waals surface area contributed by atoms with Crippen molar-refractivity contribution in [3.8, 4) is 0 Å². The van der Waals surface area contributed by atoms with Gasteiger partial charge in [0, 0.05) is 24.6 Å². The number of nitrogens with zero attached hydrogens (tertiary/aromatic N) is 2. The fourth-order valence-corrected chi connectivity index (χ4v) is 3.14. The first-order chi connectivity index (χ1) is 12.0. The highest BCUT2D eigenvalue weighted by Gasteiger charge is 2.33. The SMILES string of the molecule is NC(=O)[C@H]1Cc2ccccc2CN1C(=O)Cc1ccccc1[N+](=O)[O-]. The number of fused-ring (bicyclic) bond motifs is 1. The molecule has 128 valence electrons. The van der Waals surface area contributed by atoms with Crippen LogP contribution in [-0.2, 0) is 29.0 Å². The Morgan fingerprint density at radius 2 is 1.76 bits per heavy atom. The standard InChI is InChI=1S/C18H17N3O4/c19-18(23)16-9-12-5-1-2-7-14(12)11-20(16)17(22)10-13-6-3-4-8-15(13)21(24)25/h1-8,16H,9-11H2,(H2,19,23)/t16-/m1/s1. The van der Waals surface area contributed by atoms with Gasteiger partial charge in [-0.3, -0.25) is 19.7 Å². The van der Waals surface area contributed by atoms with Crippen LogP contribution in [0.3, 0.4) is 0 Å². The first kappa shape index (κ1) is 16.6. The number of nitro groups is 1. The van der Waals surface area contributed by atoms with Gasteiger partial charge in [-0.1, -0.05) is 42.5 Å². The van der Waals surface area contributed by atoms with Crippen molar-refractivity contribution < 1.29 is 14.5 Å². The molecule has 0 bridgehead atoms. The van der Waals surface area contributed by atoms with Gasteiger partial charge < -0.3 is 10.6 Å². The molecule has 0 saturated heterocycles. The molecule has 0 saturated carbocycles. The molecule has 1 atom stereocenters. The Morgan fingerprint density at radius 3 is 2.44 bits per heavy atom. The second kappa shape index (κ2) is 6.72. The Morgan fingerprint density at radius 1 is 1.12 bits per heavy atom. The maximum absolute atomic E-state index is 12.8. The average Bonchev–Trinajstić information content (AvgIpc) is 2.60. The van der Waals surface area contributed by atoms with Crippen LogP contribution in [0.2, 0.25) is 0 Å². The third-order valence-corrected chi connectivity index (χ3v) is 4.43. The van der Waals surface area contributed by atoms with Gasteiger partial charge in [0.05, 0.1) is 11.3 Å². The minimum atomic E-state index is -0.745. The minimum Gasteiger partial charge on any atom is -0.368 e. The molecule has 1 aliphatic rings. The van der Waals surface area contributed by atoms with Crippen molar-refractivity contribution in [3.05, 3.63) is 75.3 Å². The summed E-state index contributed by atoms with van der Waals surface area (Å²) in [5, 5.41) is 11.1. The molecule has 0 aliphatic carbocycles. The van der Waals surface area contributed by atoms with Gasteiger partial charge in [0.15, 0.2) is 0 Å². The zero-order chi connectivity index (χ0) is 18.0. The van der Waals surface area contributed by atoms with Crippen LogP contribution in [0.15, 0.2) is 48.5 Å². The number of para-hydroxylation sites is 1. The van der Waals surface area contributed by atoms with Gasteiger partial charge >= 0.3 is 0 Å². The van der Waals surface area contributed by atoms with E-state index in [4.69, 9.17) is 5.73 Å². The molecule has 7 nitrogen and oxygen atoms in total. The van der Waals surface area contributed by atoms with Gasteiger partial charge in [-0.05, 0) is 11.1 Å². The van der Waals surface area contributed by atoms with E-state index in [-0.39, 0.29) is 24.6 Å². The van der Waals surface area contributed by atoms with Crippen molar-refractivity contribution in [2.24, 2.45) is 5.73 Å². The number of rotatable bonds is 4. The molecule has 25 heavy (non-hydrogen) atoms. The number of nitrogens with two attached hydrogens (primary N) is 1. The molecule has 7 heteroatoms. The zero-order valence-corrected chi connectivity index (χ0v) is 13.4. The number of primary amides is 1. The Balaban J connectivity index is 1.88. The Labute approximate surface area is 144 Å². The predicted octanol–water partition coefficient (Wildman–Crippen LogP) is 1.58. The molecular formula is C18H17N3O4. The van der Waals surface area contributed by atoms with E-state index < -0.39 is 16.9 Å². The fraction of sp³-hybridized carbons (Fsp3) is 0.222. The number of nitro benzene ring substituents is 1. The molecule has 2 aromatic carbocycles. The summed E-state index contributed by atoms with van der Waals surface area (Å²) in [7, 11) is 0. The molecule has 2 aromatic rings. The number of amides is 2. The third kappa shape index (κ3) is 3.35. The second-order valence-electron chi connectivity index (χ2n) is 5.98. The third-order valence-electron chi connectivity index (χ3n) is 4.43. The molecule has 0 aromatic heterocycles. The molecule has 2 N–H and O–H groups in total. The molecule has 0 radical (unpaired) electrons. The highest BCUT2D eigenvalue weighted by Crippen LogP contribution is 2.25. The van der Waals surface area contributed by atoms with Crippen LogP contribution < -0.4 is 5.73 Å². The van der Waals surface area contributed by atoms with Gasteiger partial charge in [0.25, 0.3) is 5.69 Å². The molecule has 2 amide bonds. The minimum absolute atomic E-state index is 0.108. The van der Waals surface area contributed by atoms with Gasteiger partial charge in [-0.25, -0.2) is 0 Å². The monoisotopic (exact) mass is 339 g/mol. The van der Waals surface area contributed by atoms with Crippen molar-refractivity contribution in [2.75, 3.05) is 0 Å². The van der Waals surface area contributed by atoms with Crippen molar-refractivity contribution in [1.29, 1.82) is 0 Å². The van der Waals surface area contributed by atoms with E-state index >= 15 is 0 Å². The van der Waals surface area contributed by atoms with Crippen LogP contribution in [0.25, 0.3) is 0 Å². The van der Waals surface area contributed by atoms with Crippen LogP contribution in [0, 0.1) is 10.1 Å². The highest BCUT2D eigenvalue weighted by molar-refractivity contribution is 5.88. The first-order valence-electron chi connectivity index (χ1n) is 7.85. The smallest absolute Gasteiger partial charge is 0.273 e. The summed E-state index contributed by atoms with van der Waals surface area (Å²) in [4.78, 5) is 36.6. The van der Waals surface area contributed by atoms with Crippen LogP contribution in [0.1, 0.15) is 16.7 Å². The zero-order valence-electron chi connectivity index (χ0n) is 13.4. The fourth-order valence-electron chi connectivity index (χ4n) is 3.14. The van der Waals surface area contributed by atoms with Crippen LogP contribution in [0.4, 0.5) is 5.69 Å². The van der Waals surface area contributed by atoms with E-state index in [9.17, 15) is 19.7 Å². The van der Waals surface area contributed by atoms with E-state index in [2.05, 4.69) is 0 Å². The summed E-state index contributed by atoms with van der Waals surface area (Å²) in [5.74, 6) is -0.932. The maximum Gasteiger partial charge on any atom is 0.273 e. The maximum atomic E-state index is 12.8. The lowest BCUT2D eigenvalue weighted by atomic mass is 9.93. The summed E-state index contributed by atoms with van der Waals surface area (Å²) in [6, 6.07) is 12.9. The summed E-state index contributed by atoms with van der Waals surface area (Å²) in [6.45, 7) is 0.267. The van der Waals surface area contributed by atoms with E-state index in [0.29, 0.717) is 12.0 Å². The Kier molecular flexibility index (Phi) is 4.47. The molecule has 1 heterocycles. The number of benzene rings is 2. The lowest BCUT2D eigenvalue weighted by Crippen LogP contribution is -2.51. The van der Waals surface area contributed by atoms with Crippen molar-refractivity contribution in [2.45, 2.75) is 25.4 Å². The largest absolute Gasteiger partial charge is 0.368 e. The van der Waals surface area contributed by atoms with E-state index in [0.717, 1.165) is 11.1 Å². The lowest BCUT2D eigenvalue weighted by Gasteiger charge is -2.35. The summed E-state index contributed by atoms with van der Waals surface area (Å²) in [5.41, 5.74) is 7.64. The quantitative estimate of drug-likeness (QED) is 0.674. The van der Waals surface area contributed by atoms with E-state index in [1.165, 1.54) is 11.0 Å². The number of hydrogen-bond acceptors (Lipinski definition) is 4.